The maximum atomic E-state index is 14.7. The van der Waals surface area contributed by atoms with Crippen molar-refractivity contribution in [3.05, 3.63) is 102 Å². The van der Waals surface area contributed by atoms with Crippen LogP contribution in [0.25, 0.3) is 10.9 Å². The van der Waals surface area contributed by atoms with Crippen LogP contribution in [0.15, 0.2) is 88.6 Å². The molecule has 0 saturated heterocycles. The molecule has 0 spiro atoms. The molecule has 0 radical (unpaired) electrons. The molecule has 4 aromatic rings. The van der Waals surface area contributed by atoms with E-state index in [1.165, 1.54) is 16.7 Å². The topological polar surface area (TPSA) is 43.7 Å². The van der Waals surface area contributed by atoms with Crippen LogP contribution < -0.4 is 3.39 Å². The van der Waals surface area contributed by atoms with Crippen molar-refractivity contribution in [1.82, 2.24) is 4.98 Å². The Morgan fingerprint density at radius 1 is 0.717 bits per heavy atom. The van der Waals surface area contributed by atoms with Crippen LogP contribution in [0.3, 0.4) is 0 Å². The summed E-state index contributed by atoms with van der Waals surface area (Å²) in [5, 5.41) is 0.582. The van der Waals surface area contributed by atoms with Crippen LogP contribution >= 0.6 is 0 Å². The Labute approximate surface area is 269 Å². The second-order valence-electron chi connectivity index (χ2n) is 12.4. The van der Waals surface area contributed by atoms with E-state index in [-0.39, 0.29) is 35.7 Å². The van der Waals surface area contributed by atoms with E-state index in [2.05, 4.69) is 4.98 Å². The third-order valence-electron chi connectivity index (χ3n) is 7.70. The summed E-state index contributed by atoms with van der Waals surface area (Å²) >= 11 is -6.02. The maximum absolute atomic E-state index is 14.7. The predicted molar refractivity (Wildman–Crippen MR) is 166 cm³/mol. The van der Waals surface area contributed by atoms with E-state index >= 15 is 0 Å². The van der Waals surface area contributed by atoms with Gasteiger partial charge in [0.25, 0.3) is 0 Å². The molecule has 1 unspecified atom stereocenters. The molecule has 0 bridgehead atoms. The molecule has 0 aliphatic carbocycles. The van der Waals surface area contributed by atoms with Crippen molar-refractivity contribution in [3.8, 4) is 5.75 Å². The van der Waals surface area contributed by atoms with Crippen molar-refractivity contribution in [2.75, 3.05) is 0 Å². The summed E-state index contributed by atoms with van der Waals surface area (Å²) in [5.41, 5.74) is -3.30. The Bertz CT molecular complexity index is 1760. The van der Waals surface area contributed by atoms with Gasteiger partial charge in [0.2, 0.25) is 0 Å². The minimum absolute atomic E-state index is 0.00885. The number of hydrogen-bond donors (Lipinski definition) is 0. The number of aromatic nitrogens is 1. The fourth-order valence-electron chi connectivity index (χ4n) is 4.95. The molecule has 0 aliphatic rings. The first-order valence-corrected chi connectivity index (χ1v) is 18.5. The average Bonchev–Trinajstić information content (AvgIpc) is 2.96. The standard InChI is InChI=1S/C12H17N.C10H12.C9H7NO.C4H3F6O.Mo/c1-8(2)10-6-5-7-11(9(3)4)12(10)13;1-10(2,3)9-7-5-4-6-8-9;11-8-5-1-3-7-4-2-6-10-9(7)8;1-2(11,3(5,6)7)4(8,9)10;/h5-9H,1-4H3;1,4-8H,2-3H3;1-6,11H;1H3;/q;;;-1;+2/p-1. The van der Waals surface area contributed by atoms with Gasteiger partial charge in [-0.3, -0.25) is 0 Å². The average molecular weight is 729 g/mol. The van der Waals surface area contributed by atoms with Gasteiger partial charge in [-0.15, -0.1) is 0 Å². The van der Waals surface area contributed by atoms with Crippen LogP contribution in [-0.4, -0.2) is 27.3 Å². The SMILES string of the molecule is CC(C)c1cccc(C(C)C)c1[N]=[Mo](=[CH]C(C)(C)c1ccccc1)([O]c1cccc2cccnc12)[O]C(C)(C(F)(F)F)C(F)(F)F. The number of nitrogens with zero attached hydrogens (tertiary/aromatic N) is 2. The number of para-hydroxylation sites is 1. The van der Waals surface area contributed by atoms with Crippen molar-refractivity contribution < 1.29 is 49.3 Å². The van der Waals surface area contributed by atoms with E-state index in [1.807, 2.05) is 33.8 Å². The van der Waals surface area contributed by atoms with Gasteiger partial charge in [0.15, 0.2) is 0 Å². The fourth-order valence-corrected chi connectivity index (χ4v) is 11.5. The van der Waals surface area contributed by atoms with Gasteiger partial charge >= 0.3 is 270 Å². The summed E-state index contributed by atoms with van der Waals surface area (Å²) in [6, 6.07) is 22.3. The van der Waals surface area contributed by atoms with E-state index in [0.717, 1.165) is 0 Å². The Kier molecular flexibility index (Phi) is 10.2. The van der Waals surface area contributed by atoms with Crippen molar-refractivity contribution in [1.29, 1.82) is 0 Å². The quantitative estimate of drug-likeness (QED) is 0.127. The molecule has 1 heterocycles. The van der Waals surface area contributed by atoms with Crippen LogP contribution in [0.4, 0.5) is 32.0 Å². The molecule has 0 saturated carbocycles. The Morgan fingerprint density at radius 2 is 1.26 bits per heavy atom. The van der Waals surface area contributed by atoms with Gasteiger partial charge in [-0.25, -0.2) is 0 Å². The molecule has 0 N–H and O–H groups in total. The van der Waals surface area contributed by atoms with E-state index in [4.69, 9.17) is 10.3 Å². The Morgan fingerprint density at radius 3 is 1.80 bits per heavy atom. The van der Waals surface area contributed by atoms with Gasteiger partial charge in [-0.05, 0) is 0 Å². The molecule has 46 heavy (non-hydrogen) atoms. The van der Waals surface area contributed by atoms with Crippen molar-refractivity contribution >= 4 is 21.0 Å². The molecule has 0 aliphatic heterocycles. The number of hydrogen-bond acceptors (Lipinski definition) is 4. The zero-order valence-electron chi connectivity index (χ0n) is 26.7. The van der Waals surface area contributed by atoms with Gasteiger partial charge < -0.3 is 0 Å². The number of alkyl halides is 6. The summed E-state index contributed by atoms with van der Waals surface area (Å²) in [5.74, 6) is -0.366. The van der Waals surface area contributed by atoms with Gasteiger partial charge in [0.05, 0.1) is 0 Å². The zero-order valence-corrected chi connectivity index (χ0v) is 28.7. The summed E-state index contributed by atoms with van der Waals surface area (Å²) in [7, 11) is 0. The van der Waals surface area contributed by atoms with E-state index < -0.39 is 39.5 Å². The summed E-state index contributed by atoms with van der Waals surface area (Å²) in [6.07, 6.45) is -10.2. The second kappa shape index (κ2) is 13.1. The molecule has 3 aromatic carbocycles. The summed E-state index contributed by atoms with van der Waals surface area (Å²) in [6.45, 7) is 10.9. The van der Waals surface area contributed by atoms with Crippen molar-refractivity contribution in [2.24, 2.45) is 3.50 Å². The summed E-state index contributed by atoms with van der Waals surface area (Å²) in [4.78, 5) is 4.36. The van der Waals surface area contributed by atoms with Gasteiger partial charge in [0.1, 0.15) is 0 Å². The first-order valence-electron chi connectivity index (χ1n) is 14.8. The number of fused-ring (bicyclic) bond motifs is 1. The predicted octanol–water partition coefficient (Wildman–Crippen LogP) is 11.0. The van der Waals surface area contributed by atoms with Gasteiger partial charge in [0, 0.05) is 0 Å². The number of halogens is 6. The molecule has 4 nitrogen and oxygen atoms in total. The van der Waals surface area contributed by atoms with Crippen LogP contribution in [-0.2, 0) is 25.0 Å². The molecule has 4 rings (SSSR count). The summed E-state index contributed by atoms with van der Waals surface area (Å²) < 4.78 is 107. The van der Waals surface area contributed by atoms with E-state index in [0.29, 0.717) is 22.1 Å². The van der Waals surface area contributed by atoms with Crippen LogP contribution in [0, 0.1) is 0 Å². The fraction of sp³-hybridized carbons (Fsp3) is 0.371. The normalized spacial score (nSPS) is 14.4. The minimum atomic E-state index is -6.02. The Hall–Kier alpha value is -3.23. The molecule has 1 aromatic heterocycles. The third kappa shape index (κ3) is 7.33. The van der Waals surface area contributed by atoms with Gasteiger partial charge in [-0.2, -0.15) is 0 Å². The van der Waals surface area contributed by atoms with Crippen LogP contribution in [0.1, 0.15) is 77.0 Å². The molecule has 11 heteroatoms. The van der Waals surface area contributed by atoms with Crippen molar-refractivity contribution in [2.45, 2.75) is 83.7 Å². The van der Waals surface area contributed by atoms with Gasteiger partial charge in [-0.1, -0.05) is 0 Å². The van der Waals surface area contributed by atoms with Crippen LogP contribution in [0.2, 0.25) is 0 Å². The van der Waals surface area contributed by atoms with Crippen LogP contribution in [0.5, 0.6) is 5.75 Å². The molecular formula is C35H38F6MoN2O2. The third-order valence-corrected chi connectivity index (χ3v) is 13.4. The Balaban J connectivity index is 2.27. The monoisotopic (exact) mass is 730 g/mol. The second-order valence-corrected chi connectivity index (χ2v) is 16.8. The molecule has 1 atom stereocenters. The van der Waals surface area contributed by atoms with E-state index in [1.54, 1.807) is 80.6 Å². The van der Waals surface area contributed by atoms with Crippen molar-refractivity contribution in [3.63, 3.8) is 0 Å². The zero-order chi connectivity index (χ0) is 34.1. The van der Waals surface area contributed by atoms with E-state index in [9.17, 15) is 26.3 Å². The number of rotatable bonds is 9. The number of benzene rings is 3. The number of pyridine rings is 1. The first kappa shape index (κ1) is 35.6. The first-order chi connectivity index (χ1) is 21.3. The molecule has 0 amide bonds. The molecule has 0 fully saturated rings. The molecule has 248 valence electrons. The molecular weight excluding hydrogens is 690 g/mol.